The van der Waals surface area contributed by atoms with Crippen molar-refractivity contribution in [3.8, 4) is 0 Å². The summed E-state index contributed by atoms with van der Waals surface area (Å²) in [5.41, 5.74) is 14.7. The molecule has 0 N–H and O–H groups in total. The van der Waals surface area contributed by atoms with Crippen molar-refractivity contribution in [2.24, 2.45) is 4.52 Å². The lowest BCUT2D eigenvalue weighted by Gasteiger charge is -2.07. The molecule has 0 bridgehead atoms. The molecule has 0 amide bonds. The van der Waals surface area contributed by atoms with E-state index in [0.717, 1.165) is 16.7 Å². The minimum absolute atomic E-state index is 0.0101. The molecule has 4 aromatic carbocycles. The van der Waals surface area contributed by atoms with Crippen molar-refractivity contribution >= 4 is 26.1 Å². The molecule has 8 nitrogen and oxygen atoms in total. The summed E-state index contributed by atoms with van der Waals surface area (Å²) in [5, 5.41) is 0. The van der Waals surface area contributed by atoms with Crippen LogP contribution in [-0.4, -0.2) is 27.7 Å². The number of nitrogens with zero attached hydrogens (tertiary/aromatic N) is 4. The highest BCUT2D eigenvalue weighted by Gasteiger charge is 2.45. The maximum Gasteiger partial charge on any atom is 0.264 e. The first-order valence-electron chi connectivity index (χ1n) is 13.1. The second kappa shape index (κ2) is 14.1. The van der Waals surface area contributed by atoms with E-state index < -0.39 is 20.0 Å². The molecule has 0 aromatic heterocycles. The predicted octanol–water partition coefficient (Wildman–Crippen LogP) is 7.68. The molecule has 42 heavy (non-hydrogen) atoms. The van der Waals surface area contributed by atoms with Gasteiger partial charge in [-0.3, -0.25) is 0 Å². The topological polar surface area (TPSA) is 120 Å². The van der Waals surface area contributed by atoms with Crippen LogP contribution in [0.5, 0.6) is 0 Å². The fourth-order valence-corrected chi connectivity index (χ4v) is 6.02. The fraction of sp³-hybridized carbons (Fsp3) is 0.188. The van der Waals surface area contributed by atoms with Gasteiger partial charge in [-0.15, -0.1) is 0 Å². The minimum atomic E-state index is -3.82. The zero-order chi connectivity index (χ0) is 30.9. The monoisotopic (exact) mass is 602 g/mol. The quantitative estimate of drug-likeness (QED) is 0.0972. The molecule has 10 heteroatoms. The highest BCUT2D eigenvalue weighted by Crippen LogP contribution is 2.40. The number of azide groups is 1. The molecule has 1 fully saturated rings. The SMILES string of the molecule is C=Cc1ccc(C)cc1.Cc1ccc(C2CN2S(=O)(=O)c2ccc(C)cc2)cc1.Cc1ccc(S(=O)(=O)N=[N+]=[N-])cc1. The van der Waals surface area contributed by atoms with Crippen LogP contribution in [0.1, 0.15) is 39.4 Å². The maximum atomic E-state index is 12.5. The molecule has 5 rings (SSSR count). The van der Waals surface area contributed by atoms with E-state index in [1.54, 1.807) is 28.6 Å². The van der Waals surface area contributed by atoms with Crippen LogP contribution in [0.3, 0.4) is 0 Å². The summed E-state index contributed by atoms with van der Waals surface area (Å²) in [6.07, 6.45) is 1.85. The lowest BCUT2D eigenvalue weighted by Crippen LogP contribution is -2.12. The smallest absolute Gasteiger partial charge is 0.216 e. The molecule has 0 saturated carbocycles. The lowest BCUT2D eigenvalue weighted by atomic mass is 10.1. The van der Waals surface area contributed by atoms with Crippen LogP contribution in [0.4, 0.5) is 0 Å². The Morgan fingerprint density at radius 3 is 1.55 bits per heavy atom. The molecule has 0 spiro atoms. The average molecular weight is 603 g/mol. The highest BCUT2D eigenvalue weighted by molar-refractivity contribution is 7.90. The number of sulfonamides is 2. The standard InChI is InChI=1S/C16H17NO2S.C9H10.C7H7N3O2S/c1-12-3-7-14(8-4-12)16-11-17(16)20(18,19)15-9-5-13(2)6-10-15;1-3-9-6-4-8(2)5-7-9;1-6-2-4-7(5-3-6)13(11,12)10-9-8/h3-10,16H,11H2,1-2H3;3-7H,1H2,2H3;2-5H,1H3. The molecule has 4 aromatic rings. The Morgan fingerprint density at radius 2 is 1.12 bits per heavy atom. The van der Waals surface area contributed by atoms with E-state index in [0.29, 0.717) is 11.4 Å². The van der Waals surface area contributed by atoms with Crippen molar-refractivity contribution in [3.63, 3.8) is 0 Å². The normalized spacial score (nSPS) is 15.5. The van der Waals surface area contributed by atoms with E-state index in [1.165, 1.54) is 28.8 Å². The third kappa shape index (κ3) is 8.89. The van der Waals surface area contributed by atoms with Crippen LogP contribution >= 0.6 is 0 Å². The van der Waals surface area contributed by atoms with Gasteiger partial charge in [0.15, 0.2) is 0 Å². The van der Waals surface area contributed by atoms with Crippen molar-refractivity contribution in [1.82, 2.24) is 4.31 Å². The minimum Gasteiger partial charge on any atom is -0.216 e. The second-order valence-corrected chi connectivity index (χ2v) is 13.4. The van der Waals surface area contributed by atoms with Gasteiger partial charge in [-0.05, 0) is 68.6 Å². The van der Waals surface area contributed by atoms with Gasteiger partial charge in [0.2, 0.25) is 10.0 Å². The molecule has 2 atom stereocenters. The van der Waals surface area contributed by atoms with Gasteiger partial charge in [-0.1, -0.05) is 108 Å². The maximum absolute atomic E-state index is 12.5. The van der Waals surface area contributed by atoms with Crippen LogP contribution in [0.15, 0.2) is 118 Å². The first-order chi connectivity index (χ1) is 19.9. The Kier molecular flexibility index (Phi) is 10.9. The molecule has 1 aliphatic heterocycles. The Bertz CT molecular complexity index is 1760. The first kappa shape index (κ1) is 32.3. The van der Waals surface area contributed by atoms with E-state index in [2.05, 4.69) is 47.2 Å². The van der Waals surface area contributed by atoms with Crippen LogP contribution in [0.25, 0.3) is 16.5 Å². The first-order valence-corrected chi connectivity index (χ1v) is 16.0. The zero-order valence-corrected chi connectivity index (χ0v) is 25.7. The van der Waals surface area contributed by atoms with Gasteiger partial charge in [0, 0.05) is 16.0 Å². The summed E-state index contributed by atoms with van der Waals surface area (Å²) in [6, 6.07) is 29.4. The molecular weight excluding hydrogens is 569 g/mol. The molecular formula is C32H34N4O4S2. The largest absolute Gasteiger partial charge is 0.264 e. The van der Waals surface area contributed by atoms with Gasteiger partial charge >= 0.3 is 0 Å². The number of aryl methyl sites for hydroxylation is 4. The zero-order valence-electron chi connectivity index (χ0n) is 24.0. The van der Waals surface area contributed by atoms with Gasteiger partial charge in [0.1, 0.15) is 0 Å². The summed E-state index contributed by atoms with van der Waals surface area (Å²) >= 11 is 0. The van der Waals surface area contributed by atoms with E-state index >= 15 is 0 Å². The van der Waals surface area contributed by atoms with Gasteiger partial charge in [0.25, 0.3) is 10.0 Å². The van der Waals surface area contributed by atoms with Crippen molar-refractivity contribution in [2.75, 3.05) is 6.54 Å². The predicted molar refractivity (Wildman–Crippen MR) is 168 cm³/mol. The van der Waals surface area contributed by atoms with E-state index in [1.807, 2.05) is 63.2 Å². The van der Waals surface area contributed by atoms with Crippen LogP contribution in [0.2, 0.25) is 0 Å². The number of rotatable bonds is 6. The Morgan fingerprint density at radius 1 is 0.714 bits per heavy atom. The number of benzene rings is 4. The van der Waals surface area contributed by atoms with Crippen LogP contribution < -0.4 is 0 Å². The van der Waals surface area contributed by atoms with Crippen molar-refractivity contribution in [1.29, 1.82) is 0 Å². The highest BCUT2D eigenvalue weighted by atomic mass is 32.2. The van der Waals surface area contributed by atoms with E-state index in [9.17, 15) is 16.8 Å². The third-order valence-electron chi connectivity index (χ3n) is 6.43. The molecule has 1 heterocycles. The molecule has 1 aliphatic rings. The van der Waals surface area contributed by atoms with Gasteiger partial charge in [0.05, 0.1) is 15.8 Å². The number of hydrogen-bond donors (Lipinski definition) is 0. The van der Waals surface area contributed by atoms with Crippen molar-refractivity contribution in [3.05, 3.63) is 147 Å². The van der Waals surface area contributed by atoms with Crippen LogP contribution in [0, 0.1) is 27.7 Å². The molecule has 0 aliphatic carbocycles. The van der Waals surface area contributed by atoms with Gasteiger partial charge in [-0.25, -0.2) is 16.8 Å². The fourth-order valence-electron chi connectivity index (χ4n) is 3.80. The van der Waals surface area contributed by atoms with Gasteiger partial charge < -0.3 is 0 Å². The molecule has 1 saturated heterocycles. The Labute approximate surface area is 248 Å². The molecule has 0 radical (unpaired) electrons. The summed E-state index contributed by atoms with van der Waals surface area (Å²) in [5.74, 6) is 0. The lowest BCUT2D eigenvalue weighted by molar-refractivity contribution is 0.554. The number of hydrogen-bond acceptors (Lipinski definition) is 4. The van der Waals surface area contributed by atoms with Crippen molar-refractivity contribution in [2.45, 2.75) is 43.5 Å². The second-order valence-electron chi connectivity index (χ2n) is 9.89. The Hall–Kier alpha value is -4.21. The van der Waals surface area contributed by atoms with E-state index in [-0.39, 0.29) is 10.9 Å². The van der Waals surface area contributed by atoms with E-state index in [4.69, 9.17) is 5.53 Å². The summed E-state index contributed by atoms with van der Waals surface area (Å²) in [7, 11) is -7.18. The van der Waals surface area contributed by atoms with Crippen LogP contribution in [-0.2, 0) is 20.0 Å². The molecule has 218 valence electrons. The third-order valence-corrected chi connectivity index (χ3v) is 9.48. The summed E-state index contributed by atoms with van der Waals surface area (Å²) in [6.45, 7) is 12.1. The molecule has 2 unspecified atom stereocenters. The summed E-state index contributed by atoms with van der Waals surface area (Å²) < 4.78 is 51.5. The average Bonchev–Trinajstić information content (AvgIpc) is 3.77. The summed E-state index contributed by atoms with van der Waals surface area (Å²) in [4.78, 5) is 2.63. The van der Waals surface area contributed by atoms with Gasteiger partial charge in [-0.2, -0.15) is 4.31 Å². The Balaban J connectivity index is 0.000000189. The van der Waals surface area contributed by atoms with Crippen molar-refractivity contribution < 1.29 is 16.8 Å².